The zero-order valence-corrected chi connectivity index (χ0v) is 26.9. The van der Waals surface area contributed by atoms with Gasteiger partial charge in [0.15, 0.2) is 12.3 Å². The second-order valence-electron chi connectivity index (χ2n) is 11.1. The van der Waals surface area contributed by atoms with E-state index < -0.39 is 60.8 Å². The molecule has 0 saturated carbocycles. The van der Waals surface area contributed by atoms with Crippen molar-refractivity contribution in [3.8, 4) is 11.6 Å². The van der Waals surface area contributed by atoms with E-state index in [0.29, 0.717) is 18.5 Å². The van der Waals surface area contributed by atoms with Crippen molar-refractivity contribution in [2.24, 2.45) is 0 Å². The summed E-state index contributed by atoms with van der Waals surface area (Å²) in [5, 5.41) is 16.3. The second kappa shape index (κ2) is 16.6. The molecule has 2 aromatic rings. The molecule has 2 N–H and O–H groups in total. The Balaban J connectivity index is 1.49. The Morgan fingerprint density at radius 1 is 1.04 bits per heavy atom. The number of carbonyl (C=O) groups is 6. The minimum absolute atomic E-state index is 0.00551. The molecule has 17 heteroatoms. The van der Waals surface area contributed by atoms with E-state index in [9.17, 15) is 38.4 Å². The minimum atomic E-state index is -1.21. The van der Waals surface area contributed by atoms with Crippen LogP contribution in [0.15, 0.2) is 36.4 Å². The Hall–Kier alpha value is -5.22. The maximum atomic E-state index is 14.0. The van der Waals surface area contributed by atoms with Gasteiger partial charge in [-0.2, -0.15) is 10.2 Å². The Labute approximate surface area is 276 Å². The zero-order chi connectivity index (χ0) is 34.8. The standard InChI is InChI=1S/C31H40FN7O9/c1-3-38(32)30(45)24-11-8-14-37(24)25(40)20-48-26-19-23(34-39(26)21-9-6-5-7-10-21)28(43)33-22(12-13-27(41)42)29(44)35-15-17-36(18-16-35)31(46)47-4-2/h5-7,9-10,19,22,24H,3-4,8,11-18,20H2,1-2H3,(H,33,43)(H,41,42). The van der Waals surface area contributed by atoms with Crippen LogP contribution in [0.5, 0.6) is 5.88 Å². The smallest absolute Gasteiger partial charge is 0.409 e. The van der Waals surface area contributed by atoms with Crippen LogP contribution in [-0.4, -0.2) is 135 Å². The normalized spacial score (nSPS) is 16.6. The molecule has 1 aromatic carbocycles. The summed E-state index contributed by atoms with van der Waals surface area (Å²) in [4.78, 5) is 80.1. The fourth-order valence-corrected chi connectivity index (χ4v) is 5.49. The molecule has 3 heterocycles. The molecule has 1 aromatic heterocycles. The first-order valence-electron chi connectivity index (χ1n) is 15.8. The van der Waals surface area contributed by atoms with Gasteiger partial charge in [0.1, 0.15) is 12.1 Å². The summed E-state index contributed by atoms with van der Waals surface area (Å²) >= 11 is 0. The van der Waals surface area contributed by atoms with E-state index in [4.69, 9.17) is 9.47 Å². The SMILES string of the molecule is CCOC(=O)N1CCN(C(=O)C(CCC(=O)O)NC(=O)c2cc(OCC(=O)N3CCCC3C(=O)N(F)CC)n(-c3ccccc3)n2)CC1. The number of aliphatic carboxylic acids is 1. The minimum Gasteiger partial charge on any atom is -0.481 e. The van der Waals surface area contributed by atoms with Gasteiger partial charge in [-0.3, -0.25) is 24.0 Å². The molecule has 0 radical (unpaired) electrons. The van der Waals surface area contributed by atoms with Gasteiger partial charge in [0, 0.05) is 45.2 Å². The Morgan fingerprint density at radius 2 is 1.73 bits per heavy atom. The maximum absolute atomic E-state index is 14.0. The first-order valence-corrected chi connectivity index (χ1v) is 15.8. The molecule has 260 valence electrons. The molecule has 5 amide bonds. The topological polar surface area (TPSA) is 184 Å². The number of para-hydroxylation sites is 1. The van der Waals surface area contributed by atoms with Crippen molar-refractivity contribution in [3.63, 3.8) is 0 Å². The van der Waals surface area contributed by atoms with Gasteiger partial charge < -0.3 is 34.6 Å². The van der Waals surface area contributed by atoms with E-state index in [2.05, 4.69) is 10.4 Å². The van der Waals surface area contributed by atoms with Gasteiger partial charge in [-0.1, -0.05) is 22.7 Å². The number of ether oxygens (including phenoxy) is 2. The van der Waals surface area contributed by atoms with Gasteiger partial charge in [0.2, 0.25) is 11.8 Å². The number of benzene rings is 1. The lowest BCUT2D eigenvalue weighted by atomic mass is 10.1. The molecule has 4 rings (SSSR count). The fraction of sp³-hybridized carbons (Fsp3) is 0.516. The highest BCUT2D eigenvalue weighted by molar-refractivity contribution is 5.96. The molecule has 2 saturated heterocycles. The van der Waals surface area contributed by atoms with Gasteiger partial charge in [-0.15, -0.1) is 0 Å². The maximum Gasteiger partial charge on any atom is 0.409 e. The number of nitrogens with one attached hydrogen (secondary N) is 1. The number of aromatic nitrogens is 2. The molecule has 2 unspecified atom stereocenters. The molecule has 0 aliphatic carbocycles. The van der Waals surface area contributed by atoms with Crippen molar-refractivity contribution in [2.75, 3.05) is 52.5 Å². The number of carboxylic acids is 1. The summed E-state index contributed by atoms with van der Waals surface area (Å²) in [5.41, 5.74) is 0.314. The molecule has 16 nitrogen and oxygen atoms in total. The monoisotopic (exact) mass is 673 g/mol. The molecular formula is C31H40FN7O9. The predicted molar refractivity (Wildman–Crippen MR) is 166 cm³/mol. The summed E-state index contributed by atoms with van der Waals surface area (Å²) < 4.78 is 26.1. The van der Waals surface area contributed by atoms with Crippen molar-refractivity contribution in [3.05, 3.63) is 42.1 Å². The number of rotatable bonds is 13. The number of carboxylic acid groups (broad SMARTS) is 1. The van der Waals surface area contributed by atoms with Crippen molar-refractivity contribution >= 4 is 35.7 Å². The van der Waals surface area contributed by atoms with Gasteiger partial charge in [0.25, 0.3) is 17.7 Å². The summed E-state index contributed by atoms with van der Waals surface area (Å²) in [6, 6.07) is 7.72. The fourth-order valence-electron chi connectivity index (χ4n) is 5.49. The average Bonchev–Trinajstić information content (AvgIpc) is 3.77. The lowest BCUT2D eigenvalue weighted by Gasteiger charge is -2.35. The lowest BCUT2D eigenvalue weighted by Crippen LogP contribution is -2.56. The lowest BCUT2D eigenvalue weighted by molar-refractivity contribution is -0.155. The Bertz CT molecular complexity index is 1480. The van der Waals surface area contributed by atoms with Crippen LogP contribution in [0.1, 0.15) is 50.0 Å². The number of hydrogen-bond donors (Lipinski definition) is 2. The highest BCUT2D eigenvalue weighted by Gasteiger charge is 2.37. The van der Waals surface area contributed by atoms with Crippen molar-refractivity contribution in [1.82, 2.24) is 34.9 Å². The molecule has 2 aliphatic rings. The van der Waals surface area contributed by atoms with E-state index in [0.717, 1.165) is 0 Å². The Morgan fingerprint density at radius 3 is 2.38 bits per heavy atom. The van der Waals surface area contributed by atoms with Crippen LogP contribution in [0.4, 0.5) is 9.28 Å². The molecular weight excluding hydrogens is 633 g/mol. The number of piperazine rings is 1. The van der Waals surface area contributed by atoms with Crippen LogP contribution < -0.4 is 10.1 Å². The van der Waals surface area contributed by atoms with Crippen molar-refractivity contribution in [1.29, 1.82) is 0 Å². The van der Waals surface area contributed by atoms with Crippen LogP contribution in [0.3, 0.4) is 0 Å². The molecule has 2 aliphatic heterocycles. The number of carbonyl (C=O) groups excluding carboxylic acids is 5. The highest BCUT2D eigenvalue weighted by Crippen LogP contribution is 2.23. The van der Waals surface area contributed by atoms with E-state index in [1.807, 2.05) is 0 Å². The molecule has 2 fully saturated rings. The zero-order valence-electron chi connectivity index (χ0n) is 26.9. The molecule has 0 spiro atoms. The predicted octanol–water partition coefficient (Wildman–Crippen LogP) is 1.24. The second-order valence-corrected chi connectivity index (χ2v) is 11.1. The van der Waals surface area contributed by atoms with E-state index >= 15 is 0 Å². The number of likely N-dealkylation sites (N-methyl/N-ethyl adjacent to an activating group) is 1. The first kappa shape index (κ1) is 35.6. The molecule has 48 heavy (non-hydrogen) atoms. The van der Waals surface area contributed by atoms with Gasteiger partial charge in [-0.25, -0.2) is 9.48 Å². The third-order valence-electron chi connectivity index (χ3n) is 8.00. The average molecular weight is 674 g/mol. The third kappa shape index (κ3) is 8.77. The summed E-state index contributed by atoms with van der Waals surface area (Å²) in [5.74, 6) is -3.80. The van der Waals surface area contributed by atoms with E-state index in [-0.39, 0.29) is 69.0 Å². The number of amides is 5. The van der Waals surface area contributed by atoms with Crippen LogP contribution in [-0.2, 0) is 23.9 Å². The molecule has 2 atom stereocenters. The summed E-state index contributed by atoms with van der Waals surface area (Å²) in [6.07, 6.45) is -0.244. The van der Waals surface area contributed by atoms with Crippen LogP contribution in [0.25, 0.3) is 5.69 Å². The van der Waals surface area contributed by atoms with Crippen LogP contribution in [0.2, 0.25) is 0 Å². The summed E-state index contributed by atoms with van der Waals surface area (Å²) in [6.45, 7) is 3.71. The quantitative estimate of drug-likeness (QED) is 0.293. The Kier molecular flexibility index (Phi) is 12.3. The van der Waals surface area contributed by atoms with Gasteiger partial charge >= 0.3 is 12.1 Å². The van der Waals surface area contributed by atoms with Crippen molar-refractivity contribution in [2.45, 2.75) is 51.6 Å². The van der Waals surface area contributed by atoms with E-state index in [1.54, 1.807) is 37.3 Å². The van der Waals surface area contributed by atoms with Crippen molar-refractivity contribution < 1.29 is 47.8 Å². The van der Waals surface area contributed by atoms with Crippen LogP contribution in [0, 0.1) is 0 Å². The molecule has 0 bridgehead atoms. The van der Waals surface area contributed by atoms with Gasteiger partial charge in [-0.05, 0) is 45.2 Å². The van der Waals surface area contributed by atoms with Crippen LogP contribution >= 0.6 is 0 Å². The van der Waals surface area contributed by atoms with E-state index in [1.165, 1.54) is 32.4 Å². The number of likely N-dealkylation sites (tertiary alicyclic amines) is 1. The third-order valence-corrected chi connectivity index (χ3v) is 8.00. The first-order chi connectivity index (χ1) is 23.0. The highest BCUT2D eigenvalue weighted by atomic mass is 19.2. The largest absolute Gasteiger partial charge is 0.481 e. The number of nitrogens with zero attached hydrogens (tertiary/aromatic N) is 6. The number of hydrogen-bond acceptors (Lipinski definition) is 9. The number of halogens is 1. The van der Waals surface area contributed by atoms with Gasteiger partial charge in [0.05, 0.1) is 18.8 Å². The summed E-state index contributed by atoms with van der Waals surface area (Å²) in [7, 11) is 0.